The molecule has 2 aromatic heterocycles. The number of aryl methyl sites for hydroxylation is 1. The Morgan fingerprint density at radius 1 is 1.22 bits per heavy atom. The van der Waals surface area contributed by atoms with E-state index in [1.807, 2.05) is 30.8 Å². The van der Waals surface area contributed by atoms with Gasteiger partial charge in [0.05, 0.1) is 10.9 Å². The Morgan fingerprint density at radius 3 is 2.72 bits per heavy atom. The molecule has 9 heteroatoms. The van der Waals surface area contributed by atoms with Crippen molar-refractivity contribution < 1.29 is 4.79 Å². The van der Waals surface area contributed by atoms with Gasteiger partial charge in [-0.3, -0.25) is 24.0 Å². The highest BCUT2D eigenvalue weighted by atomic mass is 32.2. The van der Waals surface area contributed by atoms with Crippen LogP contribution in [0.15, 0.2) is 40.1 Å². The van der Waals surface area contributed by atoms with Gasteiger partial charge in [0, 0.05) is 49.1 Å². The molecular formula is C23H25N5O3S. The minimum atomic E-state index is -0.527. The summed E-state index contributed by atoms with van der Waals surface area (Å²) in [6.07, 6.45) is 3.20. The van der Waals surface area contributed by atoms with Crippen LogP contribution in [0, 0.1) is 6.92 Å². The molecule has 1 saturated heterocycles. The maximum Gasteiger partial charge on any atom is 0.330 e. The molecule has 5 rings (SSSR count). The lowest BCUT2D eigenvalue weighted by Crippen LogP contribution is -2.31. The van der Waals surface area contributed by atoms with Crippen LogP contribution < -0.4 is 16.6 Å². The normalized spacial score (nSPS) is 16.9. The van der Waals surface area contributed by atoms with Gasteiger partial charge in [-0.15, -0.1) is 0 Å². The van der Waals surface area contributed by atoms with Gasteiger partial charge >= 0.3 is 5.69 Å². The van der Waals surface area contributed by atoms with Gasteiger partial charge in [0.15, 0.2) is 0 Å². The van der Waals surface area contributed by atoms with Crippen LogP contribution >= 0.6 is 11.8 Å². The Balaban J connectivity index is 1.36. The summed E-state index contributed by atoms with van der Waals surface area (Å²) >= 11 is 1.99. The number of aromatic amines is 1. The number of aromatic nitrogens is 3. The molecule has 0 unspecified atom stereocenters. The number of pyridine rings is 1. The molecule has 32 heavy (non-hydrogen) atoms. The minimum Gasteiger partial charge on any atom is -0.322 e. The number of carbonyl (C=O) groups excluding carboxylic acids is 1. The van der Waals surface area contributed by atoms with Gasteiger partial charge in [0.2, 0.25) is 0 Å². The van der Waals surface area contributed by atoms with Crippen molar-refractivity contribution in [3.8, 4) is 0 Å². The standard InChI is InChI=1S/C23H25N5O3S/c1-14-10-15(13-27-6-8-32-9-7-27)2-5-19(14)25-21(29)16-11-18-20(24-12-16)28(17-3-4-17)23(31)26-22(18)30/h2,5,10-12,17H,3-4,6-9,13H2,1H3,(H,25,29)(H,26,30,31). The van der Waals surface area contributed by atoms with E-state index in [-0.39, 0.29) is 22.9 Å². The summed E-state index contributed by atoms with van der Waals surface area (Å²) in [5, 5.41) is 3.17. The smallest absolute Gasteiger partial charge is 0.322 e. The average Bonchev–Trinajstić information content (AvgIpc) is 3.61. The molecule has 1 aromatic carbocycles. The summed E-state index contributed by atoms with van der Waals surface area (Å²) in [4.78, 5) is 46.5. The van der Waals surface area contributed by atoms with Crippen molar-refractivity contribution in [1.82, 2.24) is 19.4 Å². The zero-order valence-electron chi connectivity index (χ0n) is 17.9. The maximum atomic E-state index is 12.9. The van der Waals surface area contributed by atoms with Crippen molar-refractivity contribution in [1.29, 1.82) is 0 Å². The number of H-pyrrole nitrogens is 1. The molecule has 1 aliphatic carbocycles. The molecule has 2 fully saturated rings. The number of nitrogens with one attached hydrogen (secondary N) is 2. The molecule has 166 valence electrons. The second kappa shape index (κ2) is 8.55. The number of carbonyl (C=O) groups is 1. The average molecular weight is 452 g/mol. The molecule has 8 nitrogen and oxygen atoms in total. The molecule has 0 spiro atoms. The SMILES string of the molecule is Cc1cc(CN2CCSCC2)ccc1NC(=O)c1cnc2c(c1)c(=O)[nH]c(=O)n2C1CC1. The van der Waals surface area contributed by atoms with E-state index in [1.165, 1.54) is 33.9 Å². The number of fused-ring (bicyclic) bond motifs is 1. The Labute approximate surface area is 189 Å². The highest BCUT2D eigenvalue weighted by Gasteiger charge is 2.28. The van der Waals surface area contributed by atoms with E-state index >= 15 is 0 Å². The number of nitrogens with zero attached hydrogens (tertiary/aromatic N) is 3. The first-order valence-corrected chi connectivity index (χ1v) is 12.0. The molecular weight excluding hydrogens is 426 g/mol. The summed E-state index contributed by atoms with van der Waals surface area (Å²) in [5.41, 5.74) is 2.56. The number of hydrogen-bond donors (Lipinski definition) is 2. The van der Waals surface area contributed by atoms with Crippen molar-refractivity contribution >= 4 is 34.4 Å². The van der Waals surface area contributed by atoms with Gasteiger partial charge in [-0.1, -0.05) is 12.1 Å². The van der Waals surface area contributed by atoms with Gasteiger partial charge < -0.3 is 5.32 Å². The molecule has 0 radical (unpaired) electrons. The summed E-state index contributed by atoms with van der Waals surface area (Å²) in [5.74, 6) is 2.01. The van der Waals surface area contributed by atoms with Crippen molar-refractivity contribution in [2.75, 3.05) is 29.9 Å². The fraction of sp³-hybridized carbons (Fsp3) is 0.391. The van der Waals surface area contributed by atoms with E-state index in [1.54, 1.807) is 0 Å². The second-order valence-corrected chi connectivity index (χ2v) is 9.67. The largest absolute Gasteiger partial charge is 0.330 e. The Morgan fingerprint density at radius 2 is 2.00 bits per heavy atom. The predicted molar refractivity (Wildman–Crippen MR) is 127 cm³/mol. The molecule has 2 N–H and O–H groups in total. The van der Waals surface area contributed by atoms with Crippen molar-refractivity contribution in [2.45, 2.75) is 32.4 Å². The Bertz CT molecular complexity index is 1310. The lowest BCUT2D eigenvalue weighted by molar-refractivity contribution is 0.102. The van der Waals surface area contributed by atoms with Crippen LogP contribution in [0.5, 0.6) is 0 Å². The van der Waals surface area contributed by atoms with E-state index in [0.29, 0.717) is 5.65 Å². The van der Waals surface area contributed by atoms with Crippen LogP contribution in [-0.4, -0.2) is 49.9 Å². The number of thioether (sulfide) groups is 1. The van der Waals surface area contributed by atoms with E-state index in [0.717, 1.165) is 43.7 Å². The molecule has 1 amide bonds. The molecule has 3 aromatic rings. The molecule has 3 heterocycles. The van der Waals surface area contributed by atoms with E-state index in [9.17, 15) is 14.4 Å². The third kappa shape index (κ3) is 4.22. The zero-order chi connectivity index (χ0) is 22.2. The first-order valence-electron chi connectivity index (χ1n) is 10.8. The fourth-order valence-electron chi connectivity index (χ4n) is 4.11. The molecule has 1 saturated carbocycles. The van der Waals surface area contributed by atoms with Crippen LogP contribution in [-0.2, 0) is 6.54 Å². The zero-order valence-corrected chi connectivity index (χ0v) is 18.7. The number of amides is 1. The fourth-order valence-corrected chi connectivity index (χ4v) is 5.09. The van der Waals surface area contributed by atoms with Crippen LogP contribution in [0.3, 0.4) is 0 Å². The number of rotatable bonds is 5. The third-order valence-corrected chi connectivity index (χ3v) is 6.94. The Kier molecular flexibility index (Phi) is 5.60. The first kappa shape index (κ1) is 21.0. The van der Waals surface area contributed by atoms with E-state index in [4.69, 9.17) is 0 Å². The summed E-state index contributed by atoms with van der Waals surface area (Å²) < 4.78 is 1.52. The van der Waals surface area contributed by atoms with Gasteiger partial charge in [0.1, 0.15) is 5.65 Å². The lowest BCUT2D eigenvalue weighted by Gasteiger charge is -2.26. The van der Waals surface area contributed by atoms with Crippen molar-refractivity contribution in [2.24, 2.45) is 0 Å². The van der Waals surface area contributed by atoms with E-state index in [2.05, 4.69) is 26.3 Å². The monoisotopic (exact) mass is 451 g/mol. The summed E-state index contributed by atoms with van der Waals surface area (Å²) in [6.45, 7) is 5.09. The third-order valence-electron chi connectivity index (χ3n) is 6.00. The van der Waals surface area contributed by atoms with Crippen molar-refractivity contribution in [3.05, 3.63) is 68.0 Å². The molecule has 2 aliphatic rings. The van der Waals surface area contributed by atoms with Gasteiger partial charge in [-0.25, -0.2) is 9.78 Å². The number of hydrogen-bond acceptors (Lipinski definition) is 6. The second-order valence-electron chi connectivity index (χ2n) is 8.45. The van der Waals surface area contributed by atoms with Gasteiger partial charge in [-0.05, 0) is 43.0 Å². The molecule has 0 atom stereocenters. The van der Waals surface area contributed by atoms with Crippen LogP contribution in [0.4, 0.5) is 5.69 Å². The number of anilines is 1. The minimum absolute atomic E-state index is 0.0684. The quantitative estimate of drug-likeness (QED) is 0.618. The highest BCUT2D eigenvalue weighted by Crippen LogP contribution is 2.34. The number of benzene rings is 1. The predicted octanol–water partition coefficient (Wildman–Crippen LogP) is 2.53. The topological polar surface area (TPSA) is 100 Å². The van der Waals surface area contributed by atoms with Gasteiger partial charge in [-0.2, -0.15) is 11.8 Å². The molecule has 1 aliphatic heterocycles. The van der Waals surface area contributed by atoms with Crippen molar-refractivity contribution in [3.63, 3.8) is 0 Å². The maximum absolute atomic E-state index is 12.9. The van der Waals surface area contributed by atoms with E-state index < -0.39 is 11.2 Å². The lowest BCUT2D eigenvalue weighted by atomic mass is 10.1. The van der Waals surface area contributed by atoms with Crippen LogP contribution in [0.2, 0.25) is 0 Å². The van der Waals surface area contributed by atoms with Crippen LogP contribution in [0.1, 0.15) is 40.4 Å². The summed E-state index contributed by atoms with van der Waals surface area (Å²) in [6, 6.07) is 7.65. The Hall–Kier alpha value is -2.91. The summed E-state index contributed by atoms with van der Waals surface area (Å²) in [7, 11) is 0. The first-order chi connectivity index (χ1) is 15.5. The highest BCUT2D eigenvalue weighted by molar-refractivity contribution is 7.99. The molecule has 0 bridgehead atoms. The van der Waals surface area contributed by atoms with Gasteiger partial charge in [0.25, 0.3) is 11.5 Å². The van der Waals surface area contributed by atoms with Crippen LogP contribution in [0.25, 0.3) is 11.0 Å².